The van der Waals surface area contributed by atoms with Crippen molar-refractivity contribution in [3.8, 4) is 5.75 Å². The molecule has 13 heavy (non-hydrogen) atoms. The van der Waals surface area contributed by atoms with Gasteiger partial charge < -0.3 is 9.84 Å². The van der Waals surface area contributed by atoms with Gasteiger partial charge in [0.05, 0.1) is 18.8 Å². The number of halogens is 2. The van der Waals surface area contributed by atoms with Gasteiger partial charge in [0, 0.05) is 0 Å². The maximum Gasteiger partial charge on any atom is 0.168 e. The number of hydrogen-bond donors (Lipinski definition) is 1. The standard InChI is InChI=1S/C9H10F2O2/c1-2-13-8-4-3-7(10)9(11)6(8)5-12/h3-4,12H,2,5H2,1H3. The Labute approximate surface area is 74.8 Å². The number of aliphatic hydroxyl groups excluding tert-OH is 1. The van der Waals surface area contributed by atoms with Crippen LogP contribution in [0.2, 0.25) is 0 Å². The second-order valence-electron chi connectivity index (χ2n) is 2.43. The van der Waals surface area contributed by atoms with Crippen LogP contribution in [0.25, 0.3) is 0 Å². The predicted molar refractivity (Wildman–Crippen MR) is 43.4 cm³/mol. The summed E-state index contributed by atoms with van der Waals surface area (Å²) in [6, 6.07) is 2.27. The molecular formula is C9H10F2O2. The third kappa shape index (κ3) is 1.95. The lowest BCUT2D eigenvalue weighted by Crippen LogP contribution is -2.01. The van der Waals surface area contributed by atoms with Crippen molar-refractivity contribution < 1.29 is 18.6 Å². The molecule has 0 aromatic heterocycles. The van der Waals surface area contributed by atoms with Crippen molar-refractivity contribution in [3.63, 3.8) is 0 Å². The van der Waals surface area contributed by atoms with Gasteiger partial charge in [0.25, 0.3) is 0 Å². The average molecular weight is 188 g/mol. The van der Waals surface area contributed by atoms with Crippen molar-refractivity contribution in [1.29, 1.82) is 0 Å². The van der Waals surface area contributed by atoms with Crippen LogP contribution in [0, 0.1) is 11.6 Å². The van der Waals surface area contributed by atoms with Gasteiger partial charge in [-0.1, -0.05) is 0 Å². The number of benzene rings is 1. The van der Waals surface area contributed by atoms with E-state index in [0.29, 0.717) is 6.61 Å². The topological polar surface area (TPSA) is 29.5 Å². The fraction of sp³-hybridized carbons (Fsp3) is 0.333. The summed E-state index contributed by atoms with van der Waals surface area (Å²) in [5, 5.41) is 8.76. The van der Waals surface area contributed by atoms with Crippen LogP contribution in [-0.4, -0.2) is 11.7 Å². The average Bonchev–Trinajstić information content (AvgIpc) is 2.12. The first-order valence-electron chi connectivity index (χ1n) is 3.91. The minimum absolute atomic E-state index is 0.137. The zero-order valence-electron chi connectivity index (χ0n) is 7.18. The Balaban J connectivity index is 3.13. The van der Waals surface area contributed by atoms with E-state index in [1.807, 2.05) is 0 Å². The molecule has 0 amide bonds. The molecule has 1 rings (SSSR count). The first-order valence-corrected chi connectivity index (χ1v) is 3.91. The molecule has 0 atom stereocenters. The fourth-order valence-corrected chi connectivity index (χ4v) is 1.01. The van der Waals surface area contributed by atoms with Crippen LogP contribution >= 0.6 is 0 Å². The molecule has 1 N–H and O–H groups in total. The van der Waals surface area contributed by atoms with E-state index in [4.69, 9.17) is 9.84 Å². The summed E-state index contributed by atoms with van der Waals surface area (Å²) in [5.41, 5.74) is -0.137. The molecule has 0 spiro atoms. The van der Waals surface area contributed by atoms with Crippen molar-refractivity contribution in [2.45, 2.75) is 13.5 Å². The molecule has 0 fully saturated rings. The number of rotatable bonds is 3. The maximum atomic E-state index is 13.0. The highest BCUT2D eigenvalue weighted by atomic mass is 19.2. The smallest absolute Gasteiger partial charge is 0.168 e. The zero-order valence-corrected chi connectivity index (χ0v) is 7.18. The van der Waals surface area contributed by atoms with Crippen LogP contribution in [0.15, 0.2) is 12.1 Å². The molecule has 0 bridgehead atoms. The highest BCUT2D eigenvalue weighted by Crippen LogP contribution is 2.23. The van der Waals surface area contributed by atoms with E-state index in [2.05, 4.69) is 0 Å². The summed E-state index contributed by atoms with van der Waals surface area (Å²) < 4.78 is 30.6. The molecule has 0 saturated carbocycles. The molecule has 2 nitrogen and oxygen atoms in total. The minimum atomic E-state index is -1.05. The van der Waals surface area contributed by atoms with Gasteiger partial charge in [-0.05, 0) is 19.1 Å². The van der Waals surface area contributed by atoms with Crippen molar-refractivity contribution in [2.24, 2.45) is 0 Å². The monoisotopic (exact) mass is 188 g/mol. The number of hydrogen-bond acceptors (Lipinski definition) is 2. The Bertz CT molecular complexity index is 300. The Hall–Kier alpha value is -1.16. The fourth-order valence-electron chi connectivity index (χ4n) is 1.01. The Kier molecular flexibility index (Phi) is 3.19. The van der Waals surface area contributed by atoms with Gasteiger partial charge in [-0.2, -0.15) is 0 Å². The number of ether oxygens (including phenoxy) is 1. The van der Waals surface area contributed by atoms with Crippen molar-refractivity contribution >= 4 is 0 Å². The Morgan fingerprint density at radius 2 is 2.08 bits per heavy atom. The molecule has 0 radical (unpaired) electrons. The summed E-state index contributed by atoms with van der Waals surface area (Å²) in [6.45, 7) is 1.50. The van der Waals surface area contributed by atoms with E-state index in [1.54, 1.807) is 6.92 Å². The van der Waals surface area contributed by atoms with E-state index in [1.165, 1.54) is 6.07 Å². The molecule has 1 aromatic rings. The summed E-state index contributed by atoms with van der Waals surface area (Å²) in [5.74, 6) is -1.84. The van der Waals surface area contributed by atoms with Crippen LogP contribution in [0.4, 0.5) is 8.78 Å². The van der Waals surface area contributed by atoms with Crippen molar-refractivity contribution in [1.82, 2.24) is 0 Å². The second-order valence-corrected chi connectivity index (χ2v) is 2.43. The van der Waals surface area contributed by atoms with Gasteiger partial charge in [-0.3, -0.25) is 0 Å². The molecule has 0 aliphatic carbocycles. The highest BCUT2D eigenvalue weighted by Gasteiger charge is 2.12. The summed E-state index contributed by atoms with van der Waals surface area (Å²) in [6.07, 6.45) is 0. The van der Waals surface area contributed by atoms with Gasteiger partial charge in [0.15, 0.2) is 11.6 Å². The highest BCUT2D eigenvalue weighted by molar-refractivity contribution is 5.34. The van der Waals surface area contributed by atoms with Gasteiger partial charge >= 0.3 is 0 Å². The number of aliphatic hydroxyl groups is 1. The summed E-state index contributed by atoms with van der Waals surface area (Å²) >= 11 is 0. The molecule has 4 heteroatoms. The van der Waals surface area contributed by atoms with Crippen LogP contribution in [0.1, 0.15) is 12.5 Å². The second kappa shape index (κ2) is 4.18. The third-order valence-electron chi connectivity index (χ3n) is 1.61. The SMILES string of the molecule is CCOc1ccc(F)c(F)c1CO. The molecule has 0 heterocycles. The zero-order chi connectivity index (χ0) is 9.84. The minimum Gasteiger partial charge on any atom is -0.493 e. The molecule has 0 unspecified atom stereocenters. The predicted octanol–water partition coefficient (Wildman–Crippen LogP) is 1.86. The van der Waals surface area contributed by atoms with E-state index < -0.39 is 18.2 Å². The molecular weight excluding hydrogens is 178 g/mol. The largest absolute Gasteiger partial charge is 0.493 e. The Morgan fingerprint density at radius 1 is 1.38 bits per heavy atom. The summed E-state index contributed by atoms with van der Waals surface area (Å²) in [7, 11) is 0. The van der Waals surface area contributed by atoms with Crippen LogP contribution < -0.4 is 4.74 Å². The quantitative estimate of drug-likeness (QED) is 0.784. The van der Waals surface area contributed by atoms with Crippen LogP contribution in [0.5, 0.6) is 5.75 Å². The van der Waals surface area contributed by atoms with Gasteiger partial charge in [-0.25, -0.2) is 8.78 Å². The van der Waals surface area contributed by atoms with E-state index in [-0.39, 0.29) is 11.3 Å². The van der Waals surface area contributed by atoms with Crippen molar-refractivity contribution in [2.75, 3.05) is 6.61 Å². The lowest BCUT2D eigenvalue weighted by atomic mass is 10.2. The third-order valence-corrected chi connectivity index (χ3v) is 1.61. The lowest BCUT2D eigenvalue weighted by Gasteiger charge is -2.08. The summed E-state index contributed by atoms with van der Waals surface area (Å²) in [4.78, 5) is 0. The molecule has 0 aliphatic heterocycles. The molecule has 0 aliphatic rings. The maximum absolute atomic E-state index is 13.0. The van der Waals surface area contributed by atoms with Gasteiger partial charge in [0.1, 0.15) is 5.75 Å². The van der Waals surface area contributed by atoms with Crippen molar-refractivity contribution in [3.05, 3.63) is 29.3 Å². The van der Waals surface area contributed by atoms with E-state index in [0.717, 1.165) is 6.07 Å². The normalized spacial score (nSPS) is 10.2. The van der Waals surface area contributed by atoms with Crippen LogP contribution in [0.3, 0.4) is 0 Å². The van der Waals surface area contributed by atoms with E-state index >= 15 is 0 Å². The van der Waals surface area contributed by atoms with Gasteiger partial charge in [0.2, 0.25) is 0 Å². The van der Waals surface area contributed by atoms with E-state index in [9.17, 15) is 8.78 Å². The molecule has 0 saturated heterocycles. The van der Waals surface area contributed by atoms with Crippen LogP contribution in [-0.2, 0) is 6.61 Å². The first-order chi connectivity index (χ1) is 6.20. The molecule has 72 valence electrons. The molecule has 1 aromatic carbocycles. The lowest BCUT2D eigenvalue weighted by molar-refractivity contribution is 0.257. The first kappa shape index (κ1) is 9.92. The van der Waals surface area contributed by atoms with Gasteiger partial charge in [-0.15, -0.1) is 0 Å². The Morgan fingerprint density at radius 3 is 2.62 bits per heavy atom.